The highest BCUT2D eigenvalue weighted by molar-refractivity contribution is 5.96. The van der Waals surface area contributed by atoms with Crippen LogP contribution in [-0.2, 0) is 13.1 Å². The zero-order chi connectivity index (χ0) is 27.2. The Morgan fingerprint density at radius 3 is 2.59 bits per heavy atom. The number of methoxy groups -OCH3 is 1. The summed E-state index contributed by atoms with van der Waals surface area (Å²) in [6, 6.07) is 17.2. The van der Waals surface area contributed by atoms with Crippen LogP contribution in [0.3, 0.4) is 0 Å². The molecule has 39 heavy (non-hydrogen) atoms. The molecule has 9 heteroatoms. The molecule has 2 aromatic carbocycles. The second-order valence-corrected chi connectivity index (χ2v) is 9.50. The molecule has 0 radical (unpaired) electrons. The predicted octanol–water partition coefficient (Wildman–Crippen LogP) is 4.40. The van der Waals surface area contributed by atoms with Crippen LogP contribution in [0.5, 0.6) is 23.1 Å². The monoisotopic (exact) mass is 527 g/mol. The molecule has 4 aromatic rings. The van der Waals surface area contributed by atoms with Gasteiger partial charge in [-0.2, -0.15) is 0 Å². The van der Waals surface area contributed by atoms with Crippen molar-refractivity contribution in [2.24, 2.45) is 0 Å². The number of aryl methyl sites for hydroxylation is 1. The molecule has 0 saturated carbocycles. The number of hydrogen-bond acceptors (Lipinski definition) is 7. The molecule has 0 atom stereocenters. The second kappa shape index (κ2) is 12.0. The maximum Gasteiger partial charge on any atom is 0.259 e. The van der Waals surface area contributed by atoms with Gasteiger partial charge in [0.05, 0.1) is 13.7 Å². The molecular formula is C30H33N5O4. The Morgan fingerprint density at radius 1 is 0.949 bits per heavy atom. The van der Waals surface area contributed by atoms with Crippen LogP contribution in [0.2, 0.25) is 0 Å². The number of ether oxygens (including phenoxy) is 3. The van der Waals surface area contributed by atoms with Crippen LogP contribution in [0, 0.1) is 6.92 Å². The lowest BCUT2D eigenvalue weighted by molar-refractivity contribution is 0.0770. The molecule has 0 N–H and O–H groups in total. The maximum atomic E-state index is 13.3. The van der Waals surface area contributed by atoms with Crippen LogP contribution >= 0.6 is 0 Å². The number of carbonyl (C=O) groups excluding carboxylic acids is 1. The summed E-state index contributed by atoms with van der Waals surface area (Å²) in [6.07, 6.45) is 5.40. The molecule has 1 aliphatic rings. The number of likely N-dealkylation sites (N-methyl/N-ethyl adjacent to an activating group) is 1. The van der Waals surface area contributed by atoms with Crippen molar-refractivity contribution in [3.8, 4) is 23.1 Å². The molecular weight excluding hydrogens is 494 g/mol. The molecule has 0 unspecified atom stereocenters. The van der Waals surface area contributed by atoms with Crippen LogP contribution in [0.15, 0.2) is 73.2 Å². The molecule has 202 valence electrons. The SMILES string of the molecule is COc1ccc(CN2CCOc3ccccc3Oc3ncccc3C(=O)N(C)CC2)cc1Cn1ccnc1C. The standard InChI is InChI=1S/C30H33N5O4/c1-22-31-13-14-35(22)21-24-19-23(10-11-26(24)37-3)20-34-16-15-33(2)30(36)25-7-6-12-32-29(25)39-28-9-5-4-8-27(28)38-18-17-34/h4-14,19H,15-18,20-21H2,1-3H3. The number of aromatic nitrogens is 3. The Kier molecular flexibility index (Phi) is 8.07. The Morgan fingerprint density at radius 2 is 1.79 bits per heavy atom. The third-order valence-corrected chi connectivity index (χ3v) is 6.84. The van der Waals surface area contributed by atoms with Crippen molar-refractivity contribution in [1.82, 2.24) is 24.3 Å². The fourth-order valence-electron chi connectivity index (χ4n) is 4.61. The Hall–Kier alpha value is -4.37. The number of imidazole rings is 1. The van der Waals surface area contributed by atoms with Gasteiger partial charge in [0.25, 0.3) is 5.91 Å². The number of nitrogens with zero attached hydrogens (tertiary/aromatic N) is 5. The Labute approximate surface area is 228 Å². The molecule has 3 heterocycles. The van der Waals surface area contributed by atoms with Gasteiger partial charge in [0.15, 0.2) is 11.5 Å². The van der Waals surface area contributed by atoms with Crippen molar-refractivity contribution >= 4 is 5.91 Å². The van der Waals surface area contributed by atoms with E-state index in [2.05, 4.69) is 31.6 Å². The van der Waals surface area contributed by atoms with Crippen LogP contribution in [0.25, 0.3) is 0 Å². The number of para-hydroxylation sites is 2. The van der Waals surface area contributed by atoms with E-state index in [0.29, 0.717) is 56.4 Å². The Balaban J connectivity index is 1.39. The van der Waals surface area contributed by atoms with Gasteiger partial charge in [0, 0.05) is 57.4 Å². The highest BCUT2D eigenvalue weighted by atomic mass is 16.5. The van der Waals surface area contributed by atoms with Gasteiger partial charge in [-0.05, 0) is 48.9 Å². The maximum absolute atomic E-state index is 13.3. The minimum atomic E-state index is -0.141. The quantitative estimate of drug-likeness (QED) is 0.380. The van der Waals surface area contributed by atoms with E-state index in [4.69, 9.17) is 14.2 Å². The van der Waals surface area contributed by atoms with E-state index < -0.39 is 0 Å². The Bertz CT molecular complexity index is 1440. The normalized spacial score (nSPS) is 14.6. The smallest absolute Gasteiger partial charge is 0.259 e. The largest absolute Gasteiger partial charge is 0.496 e. The van der Waals surface area contributed by atoms with Crippen molar-refractivity contribution in [1.29, 1.82) is 0 Å². The van der Waals surface area contributed by atoms with Gasteiger partial charge < -0.3 is 23.7 Å². The van der Waals surface area contributed by atoms with Gasteiger partial charge in [0.2, 0.25) is 5.88 Å². The lowest BCUT2D eigenvalue weighted by Crippen LogP contribution is -2.37. The zero-order valence-electron chi connectivity index (χ0n) is 22.5. The van der Waals surface area contributed by atoms with E-state index in [1.807, 2.05) is 43.5 Å². The molecule has 0 spiro atoms. The minimum Gasteiger partial charge on any atom is -0.496 e. The van der Waals surface area contributed by atoms with Crippen LogP contribution in [0.1, 0.15) is 27.3 Å². The topological polar surface area (TPSA) is 82.0 Å². The second-order valence-electron chi connectivity index (χ2n) is 9.50. The van der Waals surface area contributed by atoms with Gasteiger partial charge in [-0.1, -0.05) is 18.2 Å². The fourth-order valence-corrected chi connectivity index (χ4v) is 4.61. The van der Waals surface area contributed by atoms with Crippen molar-refractivity contribution in [3.63, 3.8) is 0 Å². The van der Waals surface area contributed by atoms with Crippen molar-refractivity contribution in [2.75, 3.05) is 40.4 Å². The summed E-state index contributed by atoms with van der Waals surface area (Å²) in [6.45, 7) is 5.70. The van der Waals surface area contributed by atoms with Crippen molar-refractivity contribution in [2.45, 2.75) is 20.0 Å². The van der Waals surface area contributed by atoms with Crippen molar-refractivity contribution < 1.29 is 19.0 Å². The first kappa shape index (κ1) is 26.2. The van der Waals surface area contributed by atoms with Gasteiger partial charge >= 0.3 is 0 Å². The molecule has 0 bridgehead atoms. The van der Waals surface area contributed by atoms with Gasteiger partial charge in [-0.3, -0.25) is 9.69 Å². The number of rotatable bonds is 5. The fraction of sp³-hybridized carbons (Fsp3) is 0.300. The molecule has 1 aliphatic heterocycles. The highest BCUT2D eigenvalue weighted by Gasteiger charge is 2.21. The van der Waals surface area contributed by atoms with Crippen LogP contribution in [-0.4, -0.2) is 70.6 Å². The summed E-state index contributed by atoms with van der Waals surface area (Å²) in [4.78, 5) is 26.0. The molecule has 5 rings (SSSR count). The van der Waals surface area contributed by atoms with Crippen molar-refractivity contribution in [3.05, 3.63) is 95.7 Å². The first-order chi connectivity index (χ1) is 19.0. The van der Waals surface area contributed by atoms with E-state index in [1.54, 1.807) is 43.6 Å². The third kappa shape index (κ3) is 6.21. The summed E-state index contributed by atoms with van der Waals surface area (Å²) >= 11 is 0. The molecule has 1 amide bonds. The van der Waals surface area contributed by atoms with E-state index in [1.165, 1.54) is 0 Å². The summed E-state index contributed by atoms with van der Waals surface area (Å²) in [5, 5.41) is 0. The van der Waals surface area contributed by atoms with Gasteiger partial charge in [-0.25, -0.2) is 9.97 Å². The first-order valence-corrected chi connectivity index (χ1v) is 13.0. The number of amides is 1. The number of pyridine rings is 1. The summed E-state index contributed by atoms with van der Waals surface area (Å²) in [7, 11) is 3.50. The summed E-state index contributed by atoms with van der Waals surface area (Å²) in [5.41, 5.74) is 2.65. The first-order valence-electron chi connectivity index (χ1n) is 13.0. The van der Waals surface area contributed by atoms with Crippen LogP contribution < -0.4 is 14.2 Å². The zero-order valence-corrected chi connectivity index (χ0v) is 22.5. The lowest BCUT2D eigenvalue weighted by Gasteiger charge is -2.26. The summed E-state index contributed by atoms with van der Waals surface area (Å²) in [5.74, 6) is 3.05. The third-order valence-electron chi connectivity index (χ3n) is 6.84. The van der Waals surface area contributed by atoms with Crippen LogP contribution in [0.4, 0.5) is 0 Å². The number of carbonyl (C=O) groups is 1. The highest BCUT2D eigenvalue weighted by Crippen LogP contribution is 2.32. The lowest BCUT2D eigenvalue weighted by atomic mass is 10.1. The molecule has 0 saturated heterocycles. The molecule has 2 aromatic heterocycles. The van der Waals surface area contributed by atoms with E-state index in [9.17, 15) is 4.79 Å². The summed E-state index contributed by atoms with van der Waals surface area (Å²) < 4.78 is 20.0. The number of fused-ring (bicyclic) bond motifs is 2. The van der Waals surface area contributed by atoms with E-state index in [0.717, 1.165) is 22.7 Å². The van der Waals surface area contributed by atoms with E-state index >= 15 is 0 Å². The average molecular weight is 528 g/mol. The minimum absolute atomic E-state index is 0.141. The van der Waals surface area contributed by atoms with Gasteiger partial charge in [-0.15, -0.1) is 0 Å². The van der Waals surface area contributed by atoms with Gasteiger partial charge in [0.1, 0.15) is 23.7 Å². The number of benzene rings is 2. The molecule has 0 fully saturated rings. The molecule has 9 nitrogen and oxygen atoms in total. The molecule has 0 aliphatic carbocycles. The average Bonchev–Trinajstić information content (AvgIpc) is 3.36. The van der Waals surface area contributed by atoms with E-state index in [-0.39, 0.29) is 11.8 Å². The predicted molar refractivity (Wildman–Crippen MR) is 148 cm³/mol. The number of hydrogen-bond donors (Lipinski definition) is 0.